The van der Waals surface area contributed by atoms with Gasteiger partial charge >= 0.3 is 0 Å². The monoisotopic (exact) mass is 452 g/mol. The van der Waals surface area contributed by atoms with E-state index in [4.69, 9.17) is 9.57 Å². The lowest BCUT2D eigenvalue weighted by molar-refractivity contribution is -0.290. The lowest BCUT2D eigenvalue weighted by Gasteiger charge is -2.42. The zero-order valence-corrected chi connectivity index (χ0v) is 17.7. The first-order chi connectivity index (χ1) is 13.3. The van der Waals surface area contributed by atoms with Crippen molar-refractivity contribution in [2.45, 2.75) is 51.4 Å². The Morgan fingerprint density at radius 3 is 2.46 bits per heavy atom. The first-order valence-electron chi connectivity index (χ1n) is 9.61. The minimum absolute atomic E-state index is 0.0251. The molecule has 3 heterocycles. The van der Waals surface area contributed by atoms with Crippen LogP contribution in [0.3, 0.4) is 0 Å². The number of hydrogen-bond donors (Lipinski definition) is 2. The summed E-state index contributed by atoms with van der Waals surface area (Å²) in [4.78, 5) is 19.5. The van der Waals surface area contributed by atoms with Crippen LogP contribution in [0.25, 0.3) is 5.57 Å². The number of aliphatic hydroxyl groups is 1. The minimum Gasteiger partial charge on any atom is -0.509 e. The maximum atomic E-state index is 13.5. The summed E-state index contributed by atoms with van der Waals surface area (Å²) >= 11 is 3.48. The molecule has 8 heteroatoms. The van der Waals surface area contributed by atoms with Gasteiger partial charge in [-0.05, 0) is 61.9 Å². The molecule has 0 aliphatic carbocycles. The fourth-order valence-corrected chi connectivity index (χ4v) is 5.15. The Hall–Kier alpha value is -1.45. The highest BCUT2D eigenvalue weighted by Gasteiger charge is 2.56. The molecule has 2 saturated heterocycles. The van der Waals surface area contributed by atoms with E-state index in [1.807, 2.05) is 26.0 Å². The number of hydrogen-bond acceptors (Lipinski definition) is 6. The van der Waals surface area contributed by atoms with Crippen LogP contribution >= 0.6 is 15.9 Å². The third-order valence-corrected chi connectivity index (χ3v) is 6.35. The summed E-state index contributed by atoms with van der Waals surface area (Å²) in [5.41, 5.74) is 1.83. The Bertz CT molecular complexity index is 803. The number of carbonyl (C=O) groups is 1. The number of aliphatic hydroxyl groups excluding tert-OH is 1. The molecule has 152 valence electrons. The van der Waals surface area contributed by atoms with Gasteiger partial charge in [0.25, 0.3) is 5.91 Å². The third-order valence-electron chi connectivity index (χ3n) is 5.89. The highest BCUT2D eigenvalue weighted by molar-refractivity contribution is 9.10. The maximum absolute atomic E-state index is 13.5. The van der Waals surface area contributed by atoms with Gasteiger partial charge in [-0.2, -0.15) is 5.06 Å². The molecule has 0 saturated carbocycles. The summed E-state index contributed by atoms with van der Waals surface area (Å²) in [5.74, 6) is -0.329. The van der Waals surface area contributed by atoms with Crippen molar-refractivity contribution >= 4 is 27.4 Å². The molecular weight excluding hydrogens is 428 g/mol. The summed E-state index contributed by atoms with van der Waals surface area (Å²) in [5, 5.41) is 23.7. The molecule has 1 spiro atoms. The molecule has 3 aliphatic heterocycles. The molecule has 0 aromatic heterocycles. The molecular formula is C20H25BrN2O5. The standard InChI is InChI=1S/C20H25BrN2O5/c1-12-10-14(21)11-13(2)16(12)17-18(24)20(5-7-22(26)8-6-20)23(19(17)25)28-15-4-3-9-27-15/h10-11,15,24,26H,3-9H2,1-2H3. The molecule has 1 aromatic rings. The van der Waals surface area contributed by atoms with Crippen LogP contribution in [0, 0.1) is 13.8 Å². The predicted molar refractivity (Wildman–Crippen MR) is 105 cm³/mol. The van der Waals surface area contributed by atoms with Crippen LogP contribution < -0.4 is 0 Å². The van der Waals surface area contributed by atoms with Gasteiger partial charge in [-0.3, -0.25) is 4.79 Å². The van der Waals surface area contributed by atoms with Crippen LogP contribution in [-0.4, -0.2) is 57.9 Å². The van der Waals surface area contributed by atoms with E-state index in [1.165, 1.54) is 10.1 Å². The number of carbonyl (C=O) groups excluding carboxylic acids is 1. The quantitative estimate of drug-likeness (QED) is 0.730. The fraction of sp³-hybridized carbons (Fsp3) is 0.550. The van der Waals surface area contributed by atoms with Gasteiger partial charge in [0, 0.05) is 24.0 Å². The van der Waals surface area contributed by atoms with E-state index in [2.05, 4.69) is 15.9 Å². The summed E-state index contributed by atoms with van der Waals surface area (Å²) in [7, 11) is 0. The van der Waals surface area contributed by atoms with Crippen molar-refractivity contribution in [3.63, 3.8) is 0 Å². The molecule has 3 aliphatic rings. The van der Waals surface area contributed by atoms with E-state index < -0.39 is 11.8 Å². The molecule has 1 aromatic carbocycles. The molecule has 4 rings (SSSR count). The topological polar surface area (TPSA) is 82.5 Å². The summed E-state index contributed by atoms with van der Waals surface area (Å²) in [6.07, 6.45) is 1.85. The molecule has 28 heavy (non-hydrogen) atoms. The van der Waals surface area contributed by atoms with Crippen molar-refractivity contribution in [2.75, 3.05) is 19.7 Å². The van der Waals surface area contributed by atoms with E-state index in [0.29, 0.717) is 39.0 Å². The average molecular weight is 453 g/mol. The normalized spacial score (nSPS) is 25.4. The first-order valence-corrected chi connectivity index (χ1v) is 10.4. The van der Waals surface area contributed by atoms with Crippen molar-refractivity contribution in [2.24, 2.45) is 0 Å². The molecule has 1 amide bonds. The van der Waals surface area contributed by atoms with Crippen molar-refractivity contribution in [3.05, 3.63) is 39.1 Å². The van der Waals surface area contributed by atoms with Crippen LogP contribution in [-0.2, 0) is 14.4 Å². The lowest BCUT2D eigenvalue weighted by Crippen LogP contribution is -2.55. The van der Waals surface area contributed by atoms with Gasteiger partial charge in [0.2, 0.25) is 0 Å². The zero-order valence-electron chi connectivity index (χ0n) is 16.1. The molecule has 2 N–H and O–H groups in total. The first kappa shape index (κ1) is 19.8. The van der Waals surface area contributed by atoms with Gasteiger partial charge in [0.15, 0.2) is 6.29 Å². The van der Waals surface area contributed by atoms with Crippen LogP contribution in [0.1, 0.15) is 42.4 Å². The van der Waals surface area contributed by atoms with Gasteiger partial charge in [0.1, 0.15) is 11.3 Å². The van der Waals surface area contributed by atoms with Crippen molar-refractivity contribution in [1.29, 1.82) is 0 Å². The highest BCUT2D eigenvalue weighted by atomic mass is 79.9. The predicted octanol–water partition coefficient (Wildman–Crippen LogP) is 3.47. The molecule has 2 fully saturated rings. The van der Waals surface area contributed by atoms with Gasteiger partial charge in [0.05, 0.1) is 12.2 Å². The summed E-state index contributed by atoms with van der Waals surface area (Å²) < 4.78 is 6.50. The second-order valence-electron chi connectivity index (χ2n) is 7.77. The Labute approximate surface area is 172 Å². The second kappa shape index (κ2) is 7.42. The van der Waals surface area contributed by atoms with Crippen molar-refractivity contribution in [1.82, 2.24) is 10.1 Å². The maximum Gasteiger partial charge on any atom is 0.282 e. The lowest BCUT2D eigenvalue weighted by atomic mass is 9.85. The number of piperidine rings is 1. The fourth-order valence-electron chi connectivity index (χ4n) is 4.46. The summed E-state index contributed by atoms with van der Waals surface area (Å²) in [6, 6.07) is 3.87. The van der Waals surface area contributed by atoms with Gasteiger partial charge in [-0.15, -0.1) is 0 Å². The number of amides is 1. The van der Waals surface area contributed by atoms with E-state index in [-0.39, 0.29) is 17.2 Å². The van der Waals surface area contributed by atoms with Crippen LogP contribution in [0.4, 0.5) is 0 Å². The molecule has 0 radical (unpaired) electrons. The van der Waals surface area contributed by atoms with Crippen LogP contribution in [0.2, 0.25) is 0 Å². The highest BCUT2D eigenvalue weighted by Crippen LogP contribution is 2.47. The Morgan fingerprint density at radius 2 is 1.89 bits per heavy atom. The number of halogens is 1. The molecule has 1 unspecified atom stereocenters. The molecule has 1 atom stereocenters. The zero-order chi connectivity index (χ0) is 20.1. The van der Waals surface area contributed by atoms with Crippen LogP contribution in [0.5, 0.6) is 0 Å². The smallest absolute Gasteiger partial charge is 0.282 e. The number of nitrogens with zero attached hydrogens (tertiary/aromatic N) is 2. The summed E-state index contributed by atoms with van der Waals surface area (Å²) in [6.45, 7) is 5.13. The number of rotatable bonds is 3. The van der Waals surface area contributed by atoms with E-state index in [9.17, 15) is 15.1 Å². The van der Waals surface area contributed by atoms with E-state index in [1.54, 1.807) is 0 Å². The van der Waals surface area contributed by atoms with Gasteiger partial charge < -0.3 is 15.1 Å². The average Bonchev–Trinajstić information content (AvgIpc) is 3.21. The van der Waals surface area contributed by atoms with Gasteiger partial charge in [-0.25, -0.2) is 9.90 Å². The molecule has 7 nitrogen and oxygen atoms in total. The minimum atomic E-state index is -0.983. The number of aryl methyl sites for hydroxylation is 2. The Balaban J connectivity index is 1.80. The number of benzene rings is 1. The van der Waals surface area contributed by atoms with Gasteiger partial charge in [-0.1, -0.05) is 15.9 Å². The number of ether oxygens (including phenoxy) is 1. The van der Waals surface area contributed by atoms with E-state index >= 15 is 0 Å². The number of hydroxylamine groups is 4. The van der Waals surface area contributed by atoms with Crippen LogP contribution in [0.15, 0.2) is 22.4 Å². The van der Waals surface area contributed by atoms with E-state index in [0.717, 1.165) is 27.6 Å². The molecule has 0 bridgehead atoms. The van der Waals surface area contributed by atoms with Crippen molar-refractivity contribution < 1.29 is 24.7 Å². The third kappa shape index (κ3) is 3.17. The van der Waals surface area contributed by atoms with Crippen molar-refractivity contribution in [3.8, 4) is 0 Å². The SMILES string of the molecule is Cc1cc(Br)cc(C)c1C1=C(O)C2(CCN(O)CC2)N(OC2CCCO2)C1=O. The Morgan fingerprint density at radius 1 is 1.25 bits per heavy atom. The largest absolute Gasteiger partial charge is 0.509 e. The second-order valence-corrected chi connectivity index (χ2v) is 8.69. The Kier molecular flexibility index (Phi) is 5.26.